The molecule has 0 saturated carbocycles. The number of urea groups is 1. The van der Waals surface area contributed by atoms with Crippen molar-refractivity contribution in [2.24, 2.45) is 0 Å². The van der Waals surface area contributed by atoms with Gasteiger partial charge in [0.25, 0.3) is 0 Å². The molecule has 1 aromatic heterocycles. The van der Waals surface area contributed by atoms with E-state index in [2.05, 4.69) is 15.6 Å². The van der Waals surface area contributed by atoms with E-state index in [-0.39, 0.29) is 12.6 Å². The second-order valence-corrected chi connectivity index (χ2v) is 4.93. The van der Waals surface area contributed by atoms with Crippen molar-refractivity contribution in [3.8, 4) is 0 Å². The highest BCUT2D eigenvalue weighted by molar-refractivity contribution is 5.88. The molecule has 0 aliphatic heterocycles. The van der Waals surface area contributed by atoms with Gasteiger partial charge in [0.15, 0.2) is 0 Å². The standard InChI is InChI=1S/C16H19N3O2/c1-11-8-12(2)18-15(9-11)19-16(21)17-10-14(20)13-6-4-3-5-7-13/h3-9,14,20H,10H2,1-2H3,(H2,17,18,19,21)/t14-/m0/s1. The molecule has 2 amide bonds. The van der Waals surface area contributed by atoms with Gasteiger partial charge in [0.05, 0.1) is 6.10 Å². The quantitative estimate of drug-likeness (QED) is 0.808. The molecule has 2 aromatic rings. The van der Waals surface area contributed by atoms with Gasteiger partial charge >= 0.3 is 6.03 Å². The molecule has 0 aliphatic rings. The zero-order chi connectivity index (χ0) is 15.2. The molecule has 21 heavy (non-hydrogen) atoms. The molecule has 110 valence electrons. The zero-order valence-electron chi connectivity index (χ0n) is 12.1. The van der Waals surface area contributed by atoms with Crippen molar-refractivity contribution in [1.29, 1.82) is 0 Å². The molecule has 1 aromatic carbocycles. The number of aromatic nitrogens is 1. The highest BCUT2D eigenvalue weighted by Crippen LogP contribution is 2.11. The third-order valence-electron chi connectivity index (χ3n) is 2.98. The first-order valence-electron chi connectivity index (χ1n) is 6.78. The first-order valence-corrected chi connectivity index (χ1v) is 6.78. The van der Waals surface area contributed by atoms with Crippen LogP contribution < -0.4 is 10.6 Å². The molecule has 0 bridgehead atoms. The Hall–Kier alpha value is -2.40. The number of amides is 2. The third-order valence-corrected chi connectivity index (χ3v) is 2.98. The first-order chi connectivity index (χ1) is 10.0. The minimum atomic E-state index is -0.732. The van der Waals surface area contributed by atoms with Crippen LogP contribution in [0.4, 0.5) is 10.6 Å². The van der Waals surface area contributed by atoms with Crippen molar-refractivity contribution in [3.63, 3.8) is 0 Å². The van der Waals surface area contributed by atoms with Crippen LogP contribution in [0.25, 0.3) is 0 Å². The maximum Gasteiger partial charge on any atom is 0.320 e. The van der Waals surface area contributed by atoms with Crippen LogP contribution in [-0.4, -0.2) is 22.7 Å². The molecule has 0 saturated heterocycles. The Bertz CT molecular complexity index is 594. The minimum Gasteiger partial charge on any atom is -0.387 e. The SMILES string of the molecule is Cc1cc(C)nc(NC(=O)NC[C@H](O)c2ccccc2)c1. The number of nitrogens with one attached hydrogen (secondary N) is 2. The van der Waals surface area contributed by atoms with E-state index in [1.807, 2.05) is 50.2 Å². The summed E-state index contributed by atoms with van der Waals surface area (Å²) in [7, 11) is 0. The van der Waals surface area contributed by atoms with E-state index < -0.39 is 6.10 Å². The topological polar surface area (TPSA) is 74.2 Å². The number of benzene rings is 1. The van der Waals surface area contributed by atoms with Crippen LogP contribution in [0.3, 0.4) is 0 Å². The summed E-state index contributed by atoms with van der Waals surface area (Å²) in [5.74, 6) is 0.499. The predicted molar refractivity (Wildman–Crippen MR) is 82.1 cm³/mol. The highest BCUT2D eigenvalue weighted by Gasteiger charge is 2.09. The van der Waals surface area contributed by atoms with Crippen LogP contribution in [0.1, 0.15) is 22.9 Å². The van der Waals surface area contributed by atoms with E-state index in [1.165, 1.54) is 0 Å². The number of nitrogens with zero attached hydrogens (tertiary/aromatic N) is 1. The molecule has 0 radical (unpaired) electrons. The number of aliphatic hydroxyl groups excluding tert-OH is 1. The second-order valence-electron chi connectivity index (χ2n) is 4.93. The number of aryl methyl sites for hydroxylation is 2. The Morgan fingerprint density at radius 1 is 1.24 bits per heavy atom. The smallest absolute Gasteiger partial charge is 0.320 e. The van der Waals surface area contributed by atoms with Gasteiger partial charge in [-0.05, 0) is 37.1 Å². The molecule has 0 spiro atoms. The fourth-order valence-electron chi connectivity index (χ4n) is 2.05. The lowest BCUT2D eigenvalue weighted by Crippen LogP contribution is -2.32. The van der Waals surface area contributed by atoms with Gasteiger partial charge < -0.3 is 10.4 Å². The summed E-state index contributed by atoms with van der Waals surface area (Å²) in [5.41, 5.74) is 2.64. The number of aliphatic hydroxyl groups is 1. The lowest BCUT2D eigenvalue weighted by Gasteiger charge is -2.13. The van der Waals surface area contributed by atoms with Crippen molar-refractivity contribution in [3.05, 3.63) is 59.3 Å². The Balaban J connectivity index is 1.87. The number of anilines is 1. The zero-order valence-corrected chi connectivity index (χ0v) is 12.1. The number of rotatable bonds is 4. The Morgan fingerprint density at radius 3 is 2.62 bits per heavy atom. The largest absolute Gasteiger partial charge is 0.387 e. The van der Waals surface area contributed by atoms with Crippen LogP contribution in [0, 0.1) is 13.8 Å². The Morgan fingerprint density at radius 2 is 1.95 bits per heavy atom. The van der Waals surface area contributed by atoms with Crippen molar-refractivity contribution >= 4 is 11.8 Å². The van der Waals surface area contributed by atoms with E-state index in [0.29, 0.717) is 5.82 Å². The van der Waals surface area contributed by atoms with Crippen molar-refractivity contribution in [1.82, 2.24) is 10.3 Å². The van der Waals surface area contributed by atoms with Gasteiger partial charge in [0.2, 0.25) is 0 Å². The molecule has 5 heteroatoms. The number of carbonyl (C=O) groups excluding carboxylic acids is 1. The summed E-state index contributed by atoms with van der Waals surface area (Å²) >= 11 is 0. The van der Waals surface area contributed by atoms with Crippen LogP contribution in [0.5, 0.6) is 0 Å². The molecule has 1 atom stereocenters. The van der Waals surface area contributed by atoms with Crippen LogP contribution >= 0.6 is 0 Å². The molecule has 0 aliphatic carbocycles. The predicted octanol–water partition coefficient (Wildman–Crippen LogP) is 2.55. The van der Waals surface area contributed by atoms with E-state index in [0.717, 1.165) is 16.8 Å². The summed E-state index contributed by atoms with van der Waals surface area (Å²) in [5, 5.41) is 15.3. The van der Waals surface area contributed by atoms with Gasteiger partial charge in [-0.25, -0.2) is 9.78 Å². The molecule has 2 rings (SSSR count). The number of hydrogen-bond acceptors (Lipinski definition) is 3. The molecule has 5 nitrogen and oxygen atoms in total. The normalized spacial score (nSPS) is 11.8. The number of carbonyl (C=O) groups is 1. The molecular formula is C16H19N3O2. The first kappa shape index (κ1) is 15.0. The van der Waals surface area contributed by atoms with Gasteiger partial charge in [0, 0.05) is 12.2 Å². The molecule has 1 heterocycles. The average Bonchev–Trinajstić information content (AvgIpc) is 2.44. The monoisotopic (exact) mass is 285 g/mol. The van der Waals surface area contributed by atoms with E-state index in [9.17, 15) is 9.90 Å². The summed E-state index contributed by atoms with van der Waals surface area (Å²) in [6.07, 6.45) is -0.732. The fourth-order valence-corrected chi connectivity index (χ4v) is 2.05. The maximum atomic E-state index is 11.8. The van der Waals surface area contributed by atoms with Gasteiger partial charge in [-0.1, -0.05) is 30.3 Å². The maximum absolute atomic E-state index is 11.8. The Kier molecular flexibility index (Phi) is 4.90. The number of hydrogen-bond donors (Lipinski definition) is 3. The number of pyridine rings is 1. The molecule has 0 unspecified atom stereocenters. The van der Waals surface area contributed by atoms with E-state index in [4.69, 9.17) is 0 Å². The Labute approximate surface area is 124 Å². The third kappa shape index (κ3) is 4.57. The van der Waals surface area contributed by atoms with Crippen molar-refractivity contribution < 1.29 is 9.90 Å². The average molecular weight is 285 g/mol. The van der Waals surface area contributed by atoms with Crippen LogP contribution in [0.15, 0.2) is 42.5 Å². The minimum absolute atomic E-state index is 0.140. The fraction of sp³-hybridized carbons (Fsp3) is 0.250. The lowest BCUT2D eigenvalue weighted by atomic mass is 10.1. The molecule has 3 N–H and O–H groups in total. The molecular weight excluding hydrogens is 266 g/mol. The van der Waals surface area contributed by atoms with Gasteiger partial charge in [-0.2, -0.15) is 0 Å². The van der Waals surface area contributed by atoms with Gasteiger partial charge in [0.1, 0.15) is 5.82 Å². The van der Waals surface area contributed by atoms with E-state index >= 15 is 0 Å². The summed E-state index contributed by atoms with van der Waals surface area (Å²) < 4.78 is 0. The second kappa shape index (κ2) is 6.85. The van der Waals surface area contributed by atoms with Crippen molar-refractivity contribution in [2.45, 2.75) is 20.0 Å². The van der Waals surface area contributed by atoms with Crippen molar-refractivity contribution in [2.75, 3.05) is 11.9 Å². The summed E-state index contributed by atoms with van der Waals surface area (Å²) in [4.78, 5) is 16.0. The molecule has 0 fully saturated rings. The van der Waals surface area contributed by atoms with Crippen LogP contribution in [0.2, 0.25) is 0 Å². The van der Waals surface area contributed by atoms with E-state index in [1.54, 1.807) is 6.07 Å². The summed E-state index contributed by atoms with van der Waals surface area (Å²) in [6.45, 7) is 3.95. The van der Waals surface area contributed by atoms with Gasteiger partial charge in [-0.3, -0.25) is 5.32 Å². The van der Waals surface area contributed by atoms with Crippen LogP contribution in [-0.2, 0) is 0 Å². The van der Waals surface area contributed by atoms with Gasteiger partial charge in [-0.15, -0.1) is 0 Å². The lowest BCUT2D eigenvalue weighted by molar-refractivity contribution is 0.175. The summed E-state index contributed by atoms with van der Waals surface area (Å²) in [6, 6.07) is 12.5. The highest BCUT2D eigenvalue weighted by atomic mass is 16.3.